The lowest BCUT2D eigenvalue weighted by Gasteiger charge is -2.11. The van der Waals surface area contributed by atoms with Gasteiger partial charge in [0.25, 0.3) is 0 Å². The Bertz CT molecular complexity index is 306. The number of nitrogens with two attached hydrogens (primary N) is 1. The van der Waals surface area contributed by atoms with E-state index in [-0.39, 0.29) is 11.9 Å². The Hall–Kier alpha value is -0.0300. The van der Waals surface area contributed by atoms with Crippen LogP contribution in [0.25, 0.3) is 0 Å². The maximum absolute atomic E-state index is 8.97. The summed E-state index contributed by atoms with van der Waals surface area (Å²) in [4.78, 5) is 1.14. The molecule has 0 spiro atoms. The van der Waals surface area contributed by atoms with Crippen LogP contribution in [0, 0.1) is 0 Å². The molecule has 0 aromatic heterocycles. The molecule has 0 heterocycles. The summed E-state index contributed by atoms with van der Waals surface area (Å²) in [7, 11) is 0. The zero-order valence-corrected chi connectivity index (χ0v) is 10.4. The minimum absolute atomic E-state index is 0.182. The number of halogens is 1. The Labute approximate surface area is 97.0 Å². The fraction of sp³-hybridized carbons (Fsp3) is 0.400. The molecule has 0 radical (unpaired) electrons. The van der Waals surface area contributed by atoms with E-state index in [0.717, 1.165) is 14.9 Å². The molecule has 1 aromatic carbocycles. The number of thioether (sulfide) groups is 1. The summed E-state index contributed by atoms with van der Waals surface area (Å²) in [5.74, 6) is 0. The van der Waals surface area contributed by atoms with Crippen LogP contribution in [-0.2, 0) is 6.54 Å². The maximum atomic E-state index is 8.97. The molecule has 1 atom stereocenters. The van der Waals surface area contributed by atoms with Crippen molar-refractivity contribution < 1.29 is 5.11 Å². The Morgan fingerprint density at radius 2 is 2.29 bits per heavy atom. The van der Waals surface area contributed by atoms with Crippen LogP contribution in [-0.4, -0.2) is 17.0 Å². The van der Waals surface area contributed by atoms with Crippen molar-refractivity contribution in [2.75, 3.05) is 6.61 Å². The predicted octanol–water partition coefficient (Wildman–Crippen LogP) is 2.38. The smallest absolute Gasteiger partial charge is 0.0550 e. The number of benzene rings is 1. The number of aliphatic hydroxyl groups is 1. The summed E-state index contributed by atoms with van der Waals surface area (Å²) in [5, 5.41) is 9.17. The minimum Gasteiger partial charge on any atom is -0.395 e. The van der Waals surface area contributed by atoms with Gasteiger partial charge in [0.1, 0.15) is 0 Å². The summed E-state index contributed by atoms with van der Waals surface area (Å²) in [6, 6.07) is 6.03. The van der Waals surface area contributed by atoms with Crippen LogP contribution in [0.3, 0.4) is 0 Å². The average Bonchev–Trinajstić information content (AvgIpc) is 2.18. The zero-order chi connectivity index (χ0) is 10.6. The van der Waals surface area contributed by atoms with Crippen molar-refractivity contribution in [2.45, 2.75) is 23.6 Å². The SMILES string of the molecule is CC(CO)Sc1cc(Br)ccc1CN. The van der Waals surface area contributed by atoms with Gasteiger partial charge in [-0.25, -0.2) is 0 Å². The van der Waals surface area contributed by atoms with Crippen LogP contribution in [0.4, 0.5) is 0 Å². The lowest BCUT2D eigenvalue weighted by atomic mass is 10.2. The third-order valence-electron chi connectivity index (χ3n) is 1.83. The summed E-state index contributed by atoms with van der Waals surface area (Å²) < 4.78 is 1.04. The van der Waals surface area contributed by atoms with Crippen molar-refractivity contribution in [3.8, 4) is 0 Å². The van der Waals surface area contributed by atoms with E-state index >= 15 is 0 Å². The van der Waals surface area contributed by atoms with E-state index in [1.165, 1.54) is 0 Å². The van der Waals surface area contributed by atoms with Gasteiger partial charge >= 0.3 is 0 Å². The van der Waals surface area contributed by atoms with Crippen LogP contribution in [0.2, 0.25) is 0 Å². The molecule has 1 unspecified atom stereocenters. The molecule has 78 valence electrons. The van der Waals surface area contributed by atoms with Crippen molar-refractivity contribution in [1.82, 2.24) is 0 Å². The van der Waals surface area contributed by atoms with Crippen molar-refractivity contribution >= 4 is 27.7 Å². The molecule has 0 aliphatic carbocycles. The molecule has 3 N–H and O–H groups in total. The minimum atomic E-state index is 0.182. The van der Waals surface area contributed by atoms with Crippen LogP contribution in [0.5, 0.6) is 0 Å². The van der Waals surface area contributed by atoms with E-state index in [4.69, 9.17) is 10.8 Å². The van der Waals surface area contributed by atoms with E-state index in [1.54, 1.807) is 11.8 Å². The second kappa shape index (κ2) is 5.75. The molecule has 2 nitrogen and oxygen atoms in total. The normalized spacial score (nSPS) is 12.9. The van der Waals surface area contributed by atoms with E-state index in [0.29, 0.717) is 6.54 Å². The first kappa shape index (κ1) is 12.0. The lowest BCUT2D eigenvalue weighted by molar-refractivity contribution is 0.300. The highest BCUT2D eigenvalue weighted by Gasteiger charge is 2.07. The first-order valence-corrected chi connectivity index (χ1v) is 6.10. The topological polar surface area (TPSA) is 46.2 Å². The van der Waals surface area contributed by atoms with Crippen molar-refractivity contribution in [3.05, 3.63) is 28.2 Å². The number of hydrogen-bond donors (Lipinski definition) is 2. The fourth-order valence-electron chi connectivity index (χ4n) is 1.06. The van der Waals surface area contributed by atoms with Crippen LogP contribution < -0.4 is 5.73 Å². The van der Waals surface area contributed by atoms with Crippen molar-refractivity contribution in [3.63, 3.8) is 0 Å². The van der Waals surface area contributed by atoms with Gasteiger partial charge in [0.05, 0.1) is 6.61 Å². The molecule has 0 saturated carbocycles. The van der Waals surface area contributed by atoms with Crippen LogP contribution in [0.1, 0.15) is 12.5 Å². The van der Waals surface area contributed by atoms with Gasteiger partial charge in [0, 0.05) is 21.2 Å². The van der Waals surface area contributed by atoms with E-state index in [1.807, 2.05) is 25.1 Å². The molecule has 0 amide bonds. The van der Waals surface area contributed by atoms with E-state index in [2.05, 4.69) is 15.9 Å². The van der Waals surface area contributed by atoms with Crippen molar-refractivity contribution in [2.24, 2.45) is 5.73 Å². The summed E-state index contributed by atoms with van der Waals surface area (Å²) in [6.07, 6.45) is 0. The Morgan fingerprint density at radius 1 is 1.57 bits per heavy atom. The highest BCUT2D eigenvalue weighted by Crippen LogP contribution is 2.29. The van der Waals surface area contributed by atoms with Gasteiger partial charge in [-0.15, -0.1) is 11.8 Å². The zero-order valence-electron chi connectivity index (χ0n) is 8.03. The van der Waals surface area contributed by atoms with Gasteiger partial charge in [0.2, 0.25) is 0 Å². The summed E-state index contributed by atoms with van der Waals surface area (Å²) in [6.45, 7) is 2.71. The monoisotopic (exact) mass is 275 g/mol. The summed E-state index contributed by atoms with van der Waals surface area (Å²) in [5.41, 5.74) is 6.75. The van der Waals surface area contributed by atoms with Gasteiger partial charge in [-0.1, -0.05) is 28.9 Å². The molecule has 0 aliphatic heterocycles. The average molecular weight is 276 g/mol. The summed E-state index contributed by atoms with van der Waals surface area (Å²) >= 11 is 5.07. The largest absolute Gasteiger partial charge is 0.395 e. The fourth-order valence-corrected chi connectivity index (χ4v) is 2.58. The highest BCUT2D eigenvalue weighted by atomic mass is 79.9. The number of aliphatic hydroxyl groups excluding tert-OH is 1. The molecule has 0 aliphatic rings. The van der Waals surface area contributed by atoms with Crippen molar-refractivity contribution in [1.29, 1.82) is 0 Å². The van der Waals surface area contributed by atoms with Crippen LogP contribution >= 0.6 is 27.7 Å². The molecular weight excluding hydrogens is 262 g/mol. The third kappa shape index (κ3) is 3.28. The lowest BCUT2D eigenvalue weighted by Crippen LogP contribution is -2.04. The third-order valence-corrected chi connectivity index (χ3v) is 3.51. The van der Waals surface area contributed by atoms with Gasteiger partial charge in [-0.2, -0.15) is 0 Å². The Kier molecular flexibility index (Phi) is 4.95. The number of rotatable bonds is 4. The Morgan fingerprint density at radius 3 is 2.86 bits per heavy atom. The first-order valence-electron chi connectivity index (χ1n) is 4.43. The van der Waals surface area contributed by atoms with Gasteiger partial charge in [-0.3, -0.25) is 0 Å². The second-order valence-electron chi connectivity index (χ2n) is 3.07. The highest BCUT2D eigenvalue weighted by molar-refractivity contribution is 9.10. The molecule has 0 saturated heterocycles. The molecule has 14 heavy (non-hydrogen) atoms. The molecule has 1 aromatic rings. The number of hydrogen-bond acceptors (Lipinski definition) is 3. The quantitative estimate of drug-likeness (QED) is 0.830. The van der Waals surface area contributed by atoms with Gasteiger partial charge < -0.3 is 10.8 Å². The molecule has 4 heteroatoms. The van der Waals surface area contributed by atoms with E-state index < -0.39 is 0 Å². The standard InChI is InChI=1S/C10H14BrNOS/c1-7(6-13)14-10-4-9(11)3-2-8(10)5-12/h2-4,7,13H,5-6,12H2,1H3. The molecule has 0 bridgehead atoms. The van der Waals surface area contributed by atoms with Gasteiger partial charge in [0.15, 0.2) is 0 Å². The molecule has 0 fully saturated rings. The van der Waals surface area contributed by atoms with Crippen LogP contribution in [0.15, 0.2) is 27.6 Å². The Balaban J connectivity index is 2.87. The molecular formula is C10H14BrNOS. The predicted molar refractivity (Wildman–Crippen MR) is 64.4 cm³/mol. The first-order chi connectivity index (χ1) is 6.67. The van der Waals surface area contributed by atoms with Gasteiger partial charge in [-0.05, 0) is 17.7 Å². The van der Waals surface area contributed by atoms with E-state index in [9.17, 15) is 0 Å². The molecule has 1 rings (SSSR count). The maximum Gasteiger partial charge on any atom is 0.0550 e. The second-order valence-corrected chi connectivity index (χ2v) is 5.46.